The maximum atomic E-state index is 12.6. The van der Waals surface area contributed by atoms with E-state index in [0.29, 0.717) is 35.0 Å². The lowest BCUT2D eigenvalue weighted by Gasteiger charge is -2.25. The molecule has 2 aliphatic rings. The number of fused-ring (bicyclic) bond motifs is 1. The van der Waals surface area contributed by atoms with E-state index < -0.39 is 11.8 Å². The number of aryl methyl sites for hydroxylation is 1. The summed E-state index contributed by atoms with van der Waals surface area (Å²) < 4.78 is 5.34. The Hall–Kier alpha value is -2.63. The van der Waals surface area contributed by atoms with Crippen molar-refractivity contribution in [1.29, 1.82) is 0 Å². The summed E-state index contributed by atoms with van der Waals surface area (Å²) in [5.41, 5.74) is 6.41. The minimum atomic E-state index is -0.473. The smallest absolute Gasteiger partial charge is 0.281 e. The van der Waals surface area contributed by atoms with Crippen molar-refractivity contribution in [3.05, 3.63) is 34.3 Å². The number of nitrogens with one attached hydrogen (secondary N) is 3. The van der Waals surface area contributed by atoms with Gasteiger partial charge < -0.3 is 15.0 Å². The van der Waals surface area contributed by atoms with E-state index in [4.69, 9.17) is 4.74 Å². The zero-order valence-electron chi connectivity index (χ0n) is 16.5. The summed E-state index contributed by atoms with van der Waals surface area (Å²) in [5, 5.41) is 3.38. The fourth-order valence-corrected chi connectivity index (χ4v) is 5.02. The predicted octanol–water partition coefficient (Wildman–Crippen LogP) is 1.80. The standard InChI is InChI=1S/C19H21N5O4S2/c1-10-15(30-19(20-10)24-5-7-28-8-6-24)18(27)23-22-17(26)12-3-4-14-13(9-12)21-16(25)11(2)29-14/h3-4,9,11H,5-8H2,1-2H3,(H,21,25)(H,22,26)(H,23,27)/t11-/m1/s1. The van der Waals surface area contributed by atoms with E-state index in [9.17, 15) is 14.4 Å². The highest BCUT2D eigenvalue weighted by Crippen LogP contribution is 2.35. The summed E-state index contributed by atoms with van der Waals surface area (Å²) in [4.78, 5) is 44.8. The highest BCUT2D eigenvalue weighted by molar-refractivity contribution is 8.00. The van der Waals surface area contributed by atoms with E-state index >= 15 is 0 Å². The van der Waals surface area contributed by atoms with Crippen LogP contribution in [0.4, 0.5) is 10.8 Å². The first-order valence-electron chi connectivity index (χ1n) is 9.45. The number of nitrogens with zero attached hydrogens (tertiary/aromatic N) is 2. The lowest BCUT2D eigenvalue weighted by atomic mass is 10.2. The van der Waals surface area contributed by atoms with Crippen LogP contribution in [0.5, 0.6) is 0 Å². The molecule has 0 unspecified atom stereocenters. The number of thiazole rings is 1. The number of amides is 3. The molecule has 1 aromatic carbocycles. The Morgan fingerprint density at radius 3 is 2.73 bits per heavy atom. The van der Waals surface area contributed by atoms with Crippen LogP contribution in [-0.2, 0) is 9.53 Å². The van der Waals surface area contributed by atoms with Crippen LogP contribution < -0.4 is 21.1 Å². The molecule has 0 radical (unpaired) electrons. The fourth-order valence-electron chi connectivity index (χ4n) is 3.08. The van der Waals surface area contributed by atoms with Gasteiger partial charge in [-0.05, 0) is 32.0 Å². The summed E-state index contributed by atoms with van der Waals surface area (Å²) in [6.07, 6.45) is 0. The van der Waals surface area contributed by atoms with Crippen LogP contribution >= 0.6 is 23.1 Å². The summed E-state index contributed by atoms with van der Waals surface area (Å²) >= 11 is 2.73. The quantitative estimate of drug-likeness (QED) is 0.615. The Morgan fingerprint density at radius 1 is 1.23 bits per heavy atom. The van der Waals surface area contributed by atoms with Gasteiger partial charge in [-0.15, -0.1) is 11.8 Å². The molecule has 0 bridgehead atoms. The van der Waals surface area contributed by atoms with Crippen LogP contribution in [0.1, 0.15) is 32.6 Å². The molecule has 3 N–H and O–H groups in total. The third-order valence-electron chi connectivity index (χ3n) is 4.74. The number of hydrogen-bond acceptors (Lipinski definition) is 8. The van der Waals surface area contributed by atoms with E-state index in [1.54, 1.807) is 25.1 Å². The van der Waals surface area contributed by atoms with Crippen LogP contribution in [-0.4, -0.2) is 54.3 Å². The molecule has 1 saturated heterocycles. The molecule has 1 aromatic heterocycles. The lowest BCUT2D eigenvalue weighted by Crippen LogP contribution is -2.41. The maximum Gasteiger partial charge on any atom is 0.281 e. The molecule has 2 aromatic rings. The average Bonchev–Trinajstić information content (AvgIpc) is 3.14. The fraction of sp³-hybridized carbons (Fsp3) is 0.368. The van der Waals surface area contributed by atoms with Gasteiger partial charge in [-0.25, -0.2) is 4.98 Å². The van der Waals surface area contributed by atoms with Crippen molar-refractivity contribution in [3.63, 3.8) is 0 Å². The van der Waals surface area contributed by atoms with Crippen molar-refractivity contribution < 1.29 is 19.1 Å². The summed E-state index contributed by atoms with van der Waals surface area (Å²) in [6.45, 7) is 6.32. The van der Waals surface area contributed by atoms with Crippen molar-refractivity contribution in [2.45, 2.75) is 24.0 Å². The van der Waals surface area contributed by atoms with Crippen LogP contribution in [0, 0.1) is 6.92 Å². The molecular weight excluding hydrogens is 426 g/mol. The Labute approximate surface area is 181 Å². The molecule has 0 saturated carbocycles. The average molecular weight is 448 g/mol. The molecule has 0 aliphatic carbocycles. The minimum Gasteiger partial charge on any atom is -0.378 e. The second-order valence-electron chi connectivity index (χ2n) is 6.88. The van der Waals surface area contributed by atoms with Gasteiger partial charge in [0, 0.05) is 23.5 Å². The predicted molar refractivity (Wildman–Crippen MR) is 115 cm³/mol. The first-order valence-corrected chi connectivity index (χ1v) is 11.1. The number of hydrazine groups is 1. The number of carbonyl (C=O) groups is 3. The monoisotopic (exact) mass is 447 g/mol. The van der Waals surface area contributed by atoms with Gasteiger partial charge in [0.2, 0.25) is 5.91 Å². The molecule has 1 fully saturated rings. The van der Waals surface area contributed by atoms with Crippen LogP contribution in [0.15, 0.2) is 23.1 Å². The number of aromatic nitrogens is 1. The highest BCUT2D eigenvalue weighted by atomic mass is 32.2. The molecule has 2 aliphatic heterocycles. The Kier molecular flexibility index (Phi) is 5.93. The third-order valence-corrected chi connectivity index (χ3v) is 7.13. The van der Waals surface area contributed by atoms with Gasteiger partial charge in [0.25, 0.3) is 11.8 Å². The number of rotatable bonds is 3. The molecule has 9 nitrogen and oxygen atoms in total. The Bertz CT molecular complexity index is 1000. The molecule has 0 spiro atoms. The maximum absolute atomic E-state index is 12.6. The number of anilines is 2. The van der Waals surface area contributed by atoms with E-state index in [1.807, 2.05) is 6.92 Å². The van der Waals surface area contributed by atoms with E-state index in [-0.39, 0.29) is 11.2 Å². The second-order valence-corrected chi connectivity index (χ2v) is 9.24. The van der Waals surface area contributed by atoms with Crippen LogP contribution in [0.3, 0.4) is 0 Å². The molecule has 30 heavy (non-hydrogen) atoms. The number of hydrogen-bond donors (Lipinski definition) is 3. The van der Waals surface area contributed by atoms with Crippen molar-refractivity contribution in [2.24, 2.45) is 0 Å². The SMILES string of the molecule is Cc1nc(N2CCOCC2)sc1C(=O)NNC(=O)c1ccc2c(c1)NC(=O)[C@@H](C)S2. The topological polar surface area (TPSA) is 113 Å². The molecule has 158 valence electrons. The molecule has 1 atom stereocenters. The number of thioether (sulfide) groups is 1. The van der Waals surface area contributed by atoms with Gasteiger partial charge in [-0.2, -0.15) is 0 Å². The number of carbonyl (C=O) groups excluding carboxylic acids is 3. The zero-order chi connectivity index (χ0) is 21.3. The third kappa shape index (κ3) is 4.27. The first kappa shape index (κ1) is 20.6. The van der Waals surface area contributed by atoms with Gasteiger partial charge in [-0.1, -0.05) is 11.3 Å². The largest absolute Gasteiger partial charge is 0.378 e. The number of benzene rings is 1. The molecule has 11 heteroatoms. The van der Waals surface area contributed by atoms with Crippen molar-refractivity contribution in [3.8, 4) is 0 Å². The minimum absolute atomic E-state index is 0.102. The van der Waals surface area contributed by atoms with Crippen molar-refractivity contribution >= 4 is 51.6 Å². The van der Waals surface area contributed by atoms with Crippen LogP contribution in [0.2, 0.25) is 0 Å². The molecule has 3 heterocycles. The Morgan fingerprint density at radius 2 is 1.97 bits per heavy atom. The second kappa shape index (κ2) is 8.62. The van der Waals surface area contributed by atoms with Crippen molar-refractivity contribution in [2.75, 3.05) is 36.5 Å². The highest BCUT2D eigenvalue weighted by Gasteiger charge is 2.24. The zero-order valence-corrected chi connectivity index (χ0v) is 18.1. The van der Waals surface area contributed by atoms with Crippen LogP contribution in [0.25, 0.3) is 0 Å². The molecule has 3 amide bonds. The summed E-state index contributed by atoms with van der Waals surface area (Å²) in [6, 6.07) is 5.04. The van der Waals surface area contributed by atoms with E-state index in [1.165, 1.54) is 23.1 Å². The number of morpholine rings is 1. The van der Waals surface area contributed by atoms with Gasteiger partial charge >= 0.3 is 0 Å². The van der Waals surface area contributed by atoms with Gasteiger partial charge in [-0.3, -0.25) is 25.2 Å². The van der Waals surface area contributed by atoms with Crippen molar-refractivity contribution in [1.82, 2.24) is 15.8 Å². The normalized spacial score (nSPS) is 18.4. The Balaban J connectivity index is 1.39. The summed E-state index contributed by atoms with van der Waals surface area (Å²) in [7, 11) is 0. The first-order chi connectivity index (χ1) is 14.4. The number of ether oxygens (including phenoxy) is 1. The molecule has 4 rings (SSSR count). The van der Waals surface area contributed by atoms with E-state index in [0.717, 1.165) is 23.1 Å². The summed E-state index contributed by atoms with van der Waals surface area (Å²) in [5.74, 6) is -0.997. The van der Waals surface area contributed by atoms with Gasteiger partial charge in [0.05, 0.1) is 29.8 Å². The van der Waals surface area contributed by atoms with Gasteiger partial charge in [0.15, 0.2) is 5.13 Å². The lowest BCUT2D eigenvalue weighted by molar-refractivity contribution is -0.115. The molecular formula is C19H21N5O4S2. The van der Waals surface area contributed by atoms with Gasteiger partial charge in [0.1, 0.15) is 4.88 Å². The van der Waals surface area contributed by atoms with E-state index in [2.05, 4.69) is 26.1 Å².